The van der Waals surface area contributed by atoms with Gasteiger partial charge in [-0.1, -0.05) is 0 Å². The third-order valence-corrected chi connectivity index (χ3v) is 5.29. The lowest BCUT2D eigenvalue weighted by Gasteiger charge is -2.34. The third kappa shape index (κ3) is 3.30. The summed E-state index contributed by atoms with van der Waals surface area (Å²) in [6, 6.07) is 0. The lowest BCUT2D eigenvalue weighted by Crippen LogP contribution is -2.49. The molecule has 4 rings (SSSR count). The van der Waals surface area contributed by atoms with E-state index in [-0.39, 0.29) is 5.91 Å². The van der Waals surface area contributed by atoms with Crippen molar-refractivity contribution in [2.75, 3.05) is 32.7 Å². The van der Waals surface area contributed by atoms with E-state index in [1.165, 1.54) is 12.0 Å². The van der Waals surface area contributed by atoms with Gasteiger partial charge in [-0.25, -0.2) is 4.98 Å². The predicted octanol–water partition coefficient (Wildman–Crippen LogP) is 0.348. The zero-order valence-corrected chi connectivity index (χ0v) is 14.8. The summed E-state index contributed by atoms with van der Waals surface area (Å²) in [7, 11) is 1.90. The van der Waals surface area contributed by atoms with Crippen LogP contribution in [0.3, 0.4) is 0 Å². The molecule has 0 aromatic carbocycles. The van der Waals surface area contributed by atoms with Crippen molar-refractivity contribution in [2.24, 2.45) is 7.05 Å². The molecular formula is C17H25N7O. The van der Waals surface area contributed by atoms with Crippen molar-refractivity contribution in [1.82, 2.24) is 34.3 Å². The number of aryl methyl sites for hydroxylation is 2. The Balaban J connectivity index is 1.36. The van der Waals surface area contributed by atoms with Gasteiger partial charge in [0.1, 0.15) is 18.3 Å². The number of rotatable bonds is 4. The Kier molecular flexibility index (Phi) is 4.52. The molecule has 1 amide bonds. The molecule has 8 heteroatoms. The number of hydrogen-bond donors (Lipinski definition) is 0. The van der Waals surface area contributed by atoms with Crippen LogP contribution in [0.1, 0.15) is 34.6 Å². The first-order valence-corrected chi connectivity index (χ1v) is 9.11. The number of fused-ring (bicyclic) bond motifs is 1. The van der Waals surface area contributed by atoms with Gasteiger partial charge in [0.05, 0.1) is 12.2 Å². The second-order valence-electron chi connectivity index (χ2n) is 6.90. The fraction of sp³-hybridized carbons (Fsp3) is 0.647. The smallest absolute Gasteiger partial charge is 0.272 e. The minimum Gasteiger partial charge on any atom is -0.335 e. The van der Waals surface area contributed by atoms with Crippen LogP contribution in [0.15, 0.2) is 12.7 Å². The highest BCUT2D eigenvalue weighted by Crippen LogP contribution is 2.25. The fourth-order valence-corrected chi connectivity index (χ4v) is 3.87. The molecule has 0 saturated carbocycles. The van der Waals surface area contributed by atoms with Crippen molar-refractivity contribution in [3.63, 3.8) is 0 Å². The second kappa shape index (κ2) is 6.95. The summed E-state index contributed by atoms with van der Waals surface area (Å²) in [4.78, 5) is 21.4. The molecule has 25 heavy (non-hydrogen) atoms. The monoisotopic (exact) mass is 343 g/mol. The number of carbonyl (C=O) groups excluding carboxylic acids is 1. The van der Waals surface area contributed by atoms with Crippen LogP contribution in [-0.2, 0) is 26.4 Å². The summed E-state index contributed by atoms with van der Waals surface area (Å²) >= 11 is 0. The Morgan fingerprint density at radius 1 is 1.12 bits per heavy atom. The summed E-state index contributed by atoms with van der Waals surface area (Å²) in [5.74, 6) is 0.147. The predicted molar refractivity (Wildman–Crippen MR) is 92.2 cm³/mol. The average Bonchev–Trinajstić information content (AvgIpc) is 3.26. The van der Waals surface area contributed by atoms with E-state index in [0.717, 1.165) is 69.9 Å². The number of nitrogens with zero attached hydrogens (tertiary/aromatic N) is 7. The van der Waals surface area contributed by atoms with Gasteiger partial charge in [0.25, 0.3) is 5.91 Å². The molecule has 8 nitrogen and oxygen atoms in total. The Bertz CT molecular complexity index is 729. The van der Waals surface area contributed by atoms with Gasteiger partial charge in [0, 0.05) is 45.3 Å². The molecule has 1 aliphatic carbocycles. The molecule has 0 unspecified atom stereocenters. The lowest BCUT2D eigenvalue weighted by molar-refractivity contribution is 0.0620. The molecule has 1 aliphatic heterocycles. The van der Waals surface area contributed by atoms with Crippen molar-refractivity contribution in [3.8, 4) is 0 Å². The summed E-state index contributed by atoms with van der Waals surface area (Å²) < 4.78 is 3.65. The van der Waals surface area contributed by atoms with Crippen LogP contribution in [0.4, 0.5) is 0 Å². The maximum Gasteiger partial charge on any atom is 0.272 e. The van der Waals surface area contributed by atoms with E-state index in [1.54, 1.807) is 17.3 Å². The van der Waals surface area contributed by atoms with E-state index in [2.05, 4.69) is 20.1 Å². The summed E-state index contributed by atoms with van der Waals surface area (Å²) in [6.07, 6.45) is 7.64. The van der Waals surface area contributed by atoms with Crippen molar-refractivity contribution in [1.29, 1.82) is 0 Å². The molecule has 1 fully saturated rings. The number of hydrogen-bond acceptors (Lipinski definition) is 5. The molecule has 134 valence electrons. The topological polar surface area (TPSA) is 72.1 Å². The highest BCUT2D eigenvalue weighted by atomic mass is 16.2. The van der Waals surface area contributed by atoms with Crippen LogP contribution in [-0.4, -0.2) is 73.0 Å². The van der Waals surface area contributed by atoms with Gasteiger partial charge in [0.2, 0.25) is 0 Å². The van der Waals surface area contributed by atoms with Crippen LogP contribution in [0, 0.1) is 0 Å². The lowest BCUT2D eigenvalue weighted by atomic mass is 9.95. The number of aromatic nitrogens is 5. The van der Waals surface area contributed by atoms with E-state index in [9.17, 15) is 4.79 Å². The first-order chi connectivity index (χ1) is 12.2. The molecule has 2 aromatic heterocycles. The summed E-state index contributed by atoms with van der Waals surface area (Å²) in [5, 5.41) is 8.72. The Labute approximate surface area is 147 Å². The highest BCUT2D eigenvalue weighted by Gasteiger charge is 2.29. The summed E-state index contributed by atoms with van der Waals surface area (Å²) in [5.41, 5.74) is 3.13. The first-order valence-electron chi connectivity index (χ1n) is 9.11. The minimum absolute atomic E-state index is 0.147. The number of carbonyl (C=O) groups is 1. The van der Waals surface area contributed by atoms with Gasteiger partial charge in [-0.3, -0.25) is 19.1 Å². The quantitative estimate of drug-likeness (QED) is 0.801. The zero-order chi connectivity index (χ0) is 17.2. The van der Waals surface area contributed by atoms with E-state index in [4.69, 9.17) is 0 Å². The van der Waals surface area contributed by atoms with Crippen LogP contribution < -0.4 is 0 Å². The number of amides is 1. The molecule has 3 heterocycles. The maximum atomic E-state index is 13.0. The molecule has 2 aliphatic rings. The average molecular weight is 343 g/mol. The Morgan fingerprint density at radius 3 is 2.68 bits per heavy atom. The number of piperazine rings is 1. The zero-order valence-electron chi connectivity index (χ0n) is 14.8. The standard InChI is InChI=1S/C17H25N7O/c1-21-16(14-4-2-3-5-15(14)20-21)17(25)23-9-6-22(7-10-23)8-11-24-13-18-12-19-24/h12-13H,2-11H2,1H3. The van der Waals surface area contributed by atoms with Crippen LogP contribution in [0.5, 0.6) is 0 Å². The van der Waals surface area contributed by atoms with E-state index >= 15 is 0 Å². The highest BCUT2D eigenvalue weighted by molar-refractivity contribution is 5.94. The Morgan fingerprint density at radius 2 is 1.92 bits per heavy atom. The van der Waals surface area contributed by atoms with Gasteiger partial charge in [-0.15, -0.1) is 0 Å². The molecule has 0 bridgehead atoms. The van der Waals surface area contributed by atoms with Gasteiger partial charge in [-0.05, 0) is 25.7 Å². The minimum atomic E-state index is 0.147. The van der Waals surface area contributed by atoms with Crippen LogP contribution in [0.25, 0.3) is 0 Å². The van der Waals surface area contributed by atoms with Crippen molar-refractivity contribution in [2.45, 2.75) is 32.2 Å². The molecule has 0 N–H and O–H groups in total. The fourth-order valence-electron chi connectivity index (χ4n) is 3.87. The molecule has 1 saturated heterocycles. The SMILES string of the molecule is Cn1nc2c(c1C(=O)N1CCN(CCn3cncn3)CC1)CCCC2. The van der Waals surface area contributed by atoms with E-state index < -0.39 is 0 Å². The third-order valence-electron chi connectivity index (χ3n) is 5.29. The Hall–Kier alpha value is -2.22. The van der Waals surface area contributed by atoms with Gasteiger partial charge < -0.3 is 4.90 Å². The van der Waals surface area contributed by atoms with Crippen LogP contribution in [0.2, 0.25) is 0 Å². The maximum absolute atomic E-state index is 13.0. The van der Waals surface area contributed by atoms with E-state index in [1.807, 2.05) is 16.6 Å². The van der Waals surface area contributed by atoms with Gasteiger partial charge in [0.15, 0.2) is 0 Å². The second-order valence-corrected chi connectivity index (χ2v) is 6.90. The van der Waals surface area contributed by atoms with Crippen LogP contribution >= 0.6 is 0 Å². The first kappa shape index (κ1) is 16.3. The van der Waals surface area contributed by atoms with Crippen molar-refractivity contribution >= 4 is 5.91 Å². The van der Waals surface area contributed by atoms with Gasteiger partial charge in [-0.2, -0.15) is 10.2 Å². The van der Waals surface area contributed by atoms with Crippen molar-refractivity contribution < 1.29 is 4.79 Å². The van der Waals surface area contributed by atoms with Crippen molar-refractivity contribution in [3.05, 3.63) is 29.6 Å². The van der Waals surface area contributed by atoms with Gasteiger partial charge >= 0.3 is 0 Å². The van der Waals surface area contributed by atoms with E-state index in [0.29, 0.717) is 0 Å². The molecular weight excluding hydrogens is 318 g/mol. The molecule has 0 atom stereocenters. The molecule has 2 aromatic rings. The molecule has 0 radical (unpaired) electrons. The molecule has 0 spiro atoms. The largest absolute Gasteiger partial charge is 0.335 e. The summed E-state index contributed by atoms with van der Waals surface area (Å²) in [6.45, 7) is 5.13. The normalized spacial score (nSPS) is 18.4.